The predicted molar refractivity (Wildman–Crippen MR) is 112 cm³/mol. The second-order valence-corrected chi connectivity index (χ2v) is 5.72. The maximum Gasteiger partial charge on any atom is 0.152 e. The van der Waals surface area contributed by atoms with Crippen LogP contribution in [0.4, 0.5) is 0 Å². The highest BCUT2D eigenvalue weighted by Crippen LogP contribution is 2.07. The van der Waals surface area contributed by atoms with Gasteiger partial charge in [-0.15, -0.1) is 5.92 Å². The highest BCUT2D eigenvalue weighted by atomic mass is 35.5. The molecular weight excluding hydrogens is 364 g/mol. The van der Waals surface area contributed by atoms with E-state index >= 15 is 0 Å². The Hall–Kier alpha value is -2.00. The van der Waals surface area contributed by atoms with E-state index in [-0.39, 0.29) is 5.78 Å². The molecule has 0 fully saturated rings. The fourth-order valence-corrected chi connectivity index (χ4v) is 1.77. The van der Waals surface area contributed by atoms with Crippen molar-refractivity contribution >= 4 is 23.1 Å². The van der Waals surface area contributed by atoms with Gasteiger partial charge in [0, 0.05) is 26.3 Å². The molecule has 0 spiro atoms. The zero-order valence-corrected chi connectivity index (χ0v) is 17.4. The molecule has 0 N–H and O–H groups in total. The third-order valence-corrected chi connectivity index (χ3v) is 3.13. The van der Waals surface area contributed by atoms with Crippen molar-refractivity contribution in [3.63, 3.8) is 0 Å². The normalized spacial score (nSPS) is 10.8. The average molecular weight is 393 g/mol. The van der Waals surface area contributed by atoms with Crippen molar-refractivity contribution in [3.05, 3.63) is 41.2 Å². The third-order valence-electron chi connectivity index (χ3n) is 2.90. The van der Waals surface area contributed by atoms with Gasteiger partial charge in [0.15, 0.2) is 5.78 Å². The van der Waals surface area contributed by atoms with Crippen molar-refractivity contribution in [2.45, 2.75) is 33.6 Å². The Kier molecular flexibility index (Phi) is 16.1. The summed E-state index contributed by atoms with van der Waals surface area (Å²) in [4.78, 5) is 18.9. The number of hydrogen-bond acceptors (Lipinski definition) is 5. The van der Waals surface area contributed by atoms with E-state index in [0.29, 0.717) is 36.2 Å². The van der Waals surface area contributed by atoms with Crippen LogP contribution in [0.25, 0.3) is 0 Å². The molecule has 0 aliphatic carbocycles. The lowest BCUT2D eigenvalue weighted by molar-refractivity contribution is -0.112. The number of aliphatic imine (C=N–C) groups is 1. The first kappa shape index (κ1) is 25.0. The van der Waals surface area contributed by atoms with Crippen LogP contribution in [0, 0.1) is 11.8 Å². The zero-order valence-electron chi connectivity index (χ0n) is 16.6. The van der Waals surface area contributed by atoms with Gasteiger partial charge in [-0.25, -0.2) is 0 Å². The van der Waals surface area contributed by atoms with Gasteiger partial charge in [0.2, 0.25) is 0 Å². The Morgan fingerprint density at radius 1 is 1.19 bits per heavy atom. The van der Waals surface area contributed by atoms with Crippen LogP contribution in [0.5, 0.6) is 0 Å². The monoisotopic (exact) mass is 392 g/mol. The van der Waals surface area contributed by atoms with Gasteiger partial charge in [-0.3, -0.25) is 14.8 Å². The maximum atomic E-state index is 10.8. The van der Waals surface area contributed by atoms with Crippen molar-refractivity contribution in [1.82, 2.24) is 4.98 Å². The summed E-state index contributed by atoms with van der Waals surface area (Å²) in [5.74, 6) is 5.81. The van der Waals surface area contributed by atoms with E-state index in [0.717, 1.165) is 19.4 Å². The summed E-state index contributed by atoms with van der Waals surface area (Å²) in [5.41, 5.74) is 1.35. The highest BCUT2D eigenvalue weighted by Gasteiger charge is 2.00. The van der Waals surface area contributed by atoms with Crippen molar-refractivity contribution in [1.29, 1.82) is 0 Å². The number of nitrogens with zero attached hydrogens (tertiary/aromatic N) is 2. The Bertz CT molecular complexity index is 644. The third kappa shape index (κ3) is 14.8. The number of aromatic nitrogens is 1. The van der Waals surface area contributed by atoms with Gasteiger partial charge in [-0.1, -0.05) is 31.4 Å². The summed E-state index contributed by atoms with van der Waals surface area (Å²) in [6, 6.07) is 3.49. The Balaban J connectivity index is 0.000000516. The minimum absolute atomic E-state index is 0.0230. The first-order valence-corrected chi connectivity index (χ1v) is 9.31. The molecule has 0 unspecified atom stereocenters. The lowest BCUT2D eigenvalue weighted by atomic mass is 10.2. The van der Waals surface area contributed by atoms with E-state index in [1.54, 1.807) is 31.5 Å². The van der Waals surface area contributed by atoms with Crippen molar-refractivity contribution in [3.8, 4) is 11.8 Å². The van der Waals surface area contributed by atoms with Gasteiger partial charge in [0.05, 0.1) is 29.6 Å². The molecule has 148 valence electrons. The lowest BCUT2D eigenvalue weighted by Crippen LogP contribution is -2.04. The van der Waals surface area contributed by atoms with Gasteiger partial charge in [-0.2, -0.15) is 0 Å². The smallest absolute Gasteiger partial charge is 0.152 e. The van der Waals surface area contributed by atoms with Crippen molar-refractivity contribution in [2.75, 3.05) is 33.5 Å². The number of allylic oxidation sites excluding steroid dienone is 2. The lowest BCUT2D eigenvalue weighted by Gasteiger charge is -2.00. The van der Waals surface area contributed by atoms with Crippen LogP contribution in [0.1, 0.15) is 39.3 Å². The van der Waals surface area contributed by atoms with E-state index < -0.39 is 0 Å². The molecule has 0 aliphatic rings. The van der Waals surface area contributed by atoms with Gasteiger partial charge >= 0.3 is 0 Å². The molecule has 0 radical (unpaired) electrons. The molecule has 1 aromatic rings. The number of halogens is 1. The van der Waals surface area contributed by atoms with Crippen LogP contribution in [0.2, 0.25) is 5.02 Å². The van der Waals surface area contributed by atoms with Gasteiger partial charge < -0.3 is 9.47 Å². The molecule has 0 amide bonds. The molecule has 1 heterocycles. The van der Waals surface area contributed by atoms with E-state index in [4.69, 9.17) is 21.1 Å². The Labute approximate surface area is 167 Å². The topological polar surface area (TPSA) is 60.8 Å². The molecule has 0 aromatic carbocycles. The molecule has 0 aliphatic heterocycles. The van der Waals surface area contributed by atoms with Crippen LogP contribution in [0.3, 0.4) is 0 Å². The van der Waals surface area contributed by atoms with Gasteiger partial charge in [0.25, 0.3) is 0 Å². The van der Waals surface area contributed by atoms with E-state index in [2.05, 4.69) is 28.7 Å². The molecule has 5 nitrogen and oxygen atoms in total. The van der Waals surface area contributed by atoms with Crippen LogP contribution in [0.15, 0.2) is 35.5 Å². The Morgan fingerprint density at radius 2 is 1.93 bits per heavy atom. The maximum absolute atomic E-state index is 10.8. The van der Waals surface area contributed by atoms with Gasteiger partial charge in [-0.05, 0) is 37.6 Å². The first-order valence-electron chi connectivity index (χ1n) is 8.93. The van der Waals surface area contributed by atoms with Crippen LogP contribution in [-0.4, -0.2) is 50.0 Å². The summed E-state index contributed by atoms with van der Waals surface area (Å²) in [7, 11) is 1.65. The molecule has 1 aromatic heterocycles. The molecule has 6 heteroatoms. The summed E-state index contributed by atoms with van der Waals surface area (Å²) < 4.78 is 10.4. The number of carbonyl (C=O) groups is 1. The standard InChI is InChI=1S/C11H11ClN2O.C10H18O2/c1-8(15)3-5-10(13-2)11-6-4-9(12)7-14-11;1-3-5-6-8-12-10-9-11-7-4-2/h3-7H,1-2H3;3-4,7-10H2,1-2H3/b5-3-,13-10?;. The zero-order chi connectivity index (χ0) is 20.3. The largest absolute Gasteiger partial charge is 0.379 e. The minimum Gasteiger partial charge on any atom is -0.379 e. The van der Waals surface area contributed by atoms with E-state index in [1.807, 2.05) is 6.92 Å². The fourth-order valence-electron chi connectivity index (χ4n) is 1.66. The number of ketones is 1. The number of carbonyl (C=O) groups excluding carboxylic acids is 1. The molecular formula is C21H29ClN2O3. The highest BCUT2D eigenvalue weighted by molar-refractivity contribution is 6.30. The summed E-state index contributed by atoms with van der Waals surface area (Å²) in [5, 5.41) is 0.574. The number of rotatable bonds is 9. The van der Waals surface area contributed by atoms with Crippen LogP contribution < -0.4 is 0 Å². The number of hydrogen-bond donors (Lipinski definition) is 0. The molecule has 0 bridgehead atoms. The van der Waals surface area contributed by atoms with Crippen molar-refractivity contribution in [2.24, 2.45) is 4.99 Å². The quantitative estimate of drug-likeness (QED) is 0.274. The predicted octanol–water partition coefficient (Wildman–Crippen LogP) is 4.14. The van der Waals surface area contributed by atoms with Gasteiger partial charge in [0.1, 0.15) is 6.61 Å². The van der Waals surface area contributed by atoms with Crippen LogP contribution in [-0.2, 0) is 14.3 Å². The average Bonchev–Trinajstić information content (AvgIpc) is 2.66. The van der Waals surface area contributed by atoms with E-state index in [1.165, 1.54) is 13.0 Å². The molecule has 0 saturated heterocycles. The fraction of sp³-hybridized carbons (Fsp3) is 0.476. The molecule has 0 saturated carbocycles. The minimum atomic E-state index is -0.0230. The Morgan fingerprint density at radius 3 is 2.48 bits per heavy atom. The first-order chi connectivity index (χ1) is 13.0. The summed E-state index contributed by atoms with van der Waals surface area (Å²) in [6.45, 7) is 8.29. The number of ether oxygens (including phenoxy) is 2. The van der Waals surface area contributed by atoms with Crippen molar-refractivity contribution < 1.29 is 14.3 Å². The summed E-state index contributed by atoms with van der Waals surface area (Å²) in [6.07, 6.45) is 6.60. The molecule has 27 heavy (non-hydrogen) atoms. The number of pyridine rings is 1. The van der Waals surface area contributed by atoms with E-state index in [9.17, 15) is 4.79 Å². The molecule has 0 atom stereocenters. The molecule has 1 rings (SSSR count). The van der Waals surface area contributed by atoms with Crippen LogP contribution >= 0.6 is 11.6 Å². The summed E-state index contributed by atoms with van der Waals surface area (Å²) >= 11 is 5.71. The SMILES string of the molecule is CCC#CCOCCOCCC.CN=C(/C=C\C(C)=O)c1ccc(Cl)cn1. The second kappa shape index (κ2) is 17.4. The second-order valence-electron chi connectivity index (χ2n) is 5.29.